The molecule has 4 aliphatic carbocycles. The van der Waals surface area contributed by atoms with E-state index in [1.165, 1.54) is 38.5 Å². The van der Waals surface area contributed by atoms with Crippen LogP contribution in [-0.2, 0) is 4.79 Å². The molecule has 192 valence electrons. The molecular weight excluding hydrogens is 500 g/mol. The van der Waals surface area contributed by atoms with E-state index in [9.17, 15) is 4.79 Å². The van der Waals surface area contributed by atoms with Gasteiger partial charge in [-0.15, -0.1) is 0 Å². The van der Waals surface area contributed by atoms with Crippen LogP contribution >= 0.6 is 23.8 Å². The molecule has 0 radical (unpaired) electrons. The smallest absolute Gasteiger partial charge is 0.272 e. The van der Waals surface area contributed by atoms with Crippen LogP contribution in [0.2, 0.25) is 5.02 Å². The van der Waals surface area contributed by atoms with Gasteiger partial charge in [0.15, 0.2) is 5.11 Å². The van der Waals surface area contributed by atoms with Crippen LogP contribution < -0.4 is 15.5 Å². The molecule has 7 unspecified atom stereocenters. The zero-order valence-electron chi connectivity index (χ0n) is 21.1. The molecule has 1 aliphatic heterocycles. The second-order valence-electron chi connectivity index (χ2n) is 12.0. The molecule has 3 bridgehead atoms. The van der Waals surface area contributed by atoms with Gasteiger partial charge in [0.2, 0.25) is 6.17 Å². The number of nitrogens with one attached hydrogen (secondary N) is 2. The largest absolute Gasteiger partial charge is 0.362 e. The van der Waals surface area contributed by atoms with Crippen molar-refractivity contribution in [1.29, 1.82) is 0 Å². The monoisotopic (exact) mass is 532 g/mol. The fourth-order valence-electron chi connectivity index (χ4n) is 8.33. The first kappa shape index (κ1) is 23.7. The van der Waals surface area contributed by atoms with Crippen LogP contribution in [0.25, 0.3) is 0 Å². The number of benzene rings is 2. The molecule has 1 heterocycles. The molecule has 2 aromatic rings. The number of nitrogens with zero attached hydrogens (tertiary/aromatic N) is 2. The van der Waals surface area contributed by atoms with Crippen molar-refractivity contribution in [3.63, 3.8) is 0 Å². The Morgan fingerprint density at radius 1 is 1.11 bits per heavy atom. The molecule has 2 aromatic carbocycles. The van der Waals surface area contributed by atoms with Gasteiger partial charge < -0.3 is 15.5 Å². The summed E-state index contributed by atoms with van der Waals surface area (Å²) >= 11 is 12.1. The summed E-state index contributed by atoms with van der Waals surface area (Å²) in [6, 6.07) is 15.5. The van der Waals surface area contributed by atoms with Gasteiger partial charge in [0, 0.05) is 29.7 Å². The van der Waals surface area contributed by atoms with Crippen molar-refractivity contribution in [1.82, 2.24) is 10.6 Å². The summed E-state index contributed by atoms with van der Waals surface area (Å²) in [4.78, 5) is 20.1. The lowest BCUT2D eigenvalue weighted by Crippen LogP contribution is -2.50. The maximum atomic E-state index is 13.5. The number of benzodiazepines with no additional fused rings is 1. The van der Waals surface area contributed by atoms with Crippen LogP contribution in [0.15, 0.2) is 53.5 Å². The number of anilines is 1. The van der Waals surface area contributed by atoms with E-state index in [0.717, 1.165) is 58.2 Å². The quantitative estimate of drug-likeness (QED) is 0.517. The Labute approximate surface area is 229 Å². The molecule has 4 saturated carbocycles. The molecule has 2 N–H and O–H groups in total. The number of aliphatic imine (C=N–C) groups is 1. The molecule has 0 saturated heterocycles. The summed E-state index contributed by atoms with van der Waals surface area (Å²) in [5.41, 5.74) is 3.99. The molecule has 37 heavy (non-hydrogen) atoms. The molecular formula is C30H33ClN4OS. The summed E-state index contributed by atoms with van der Waals surface area (Å²) in [5.74, 6) is 4.25. The van der Waals surface area contributed by atoms with Gasteiger partial charge in [0.1, 0.15) is 0 Å². The Kier molecular flexibility index (Phi) is 5.63. The third-order valence-corrected chi connectivity index (χ3v) is 10.6. The van der Waals surface area contributed by atoms with E-state index in [0.29, 0.717) is 16.1 Å². The lowest BCUT2D eigenvalue weighted by molar-refractivity contribution is -0.119. The van der Waals surface area contributed by atoms with E-state index in [-0.39, 0.29) is 5.91 Å². The van der Waals surface area contributed by atoms with Gasteiger partial charge in [-0.05, 0) is 104 Å². The maximum absolute atomic E-state index is 13.5. The van der Waals surface area contributed by atoms with Gasteiger partial charge >= 0.3 is 0 Å². The number of fused-ring (bicyclic) bond motifs is 3. The molecule has 7 rings (SSSR count). The first-order valence-electron chi connectivity index (χ1n) is 13.7. The predicted molar refractivity (Wildman–Crippen MR) is 152 cm³/mol. The number of carbonyl (C=O) groups excluding carboxylic acids is 1. The summed E-state index contributed by atoms with van der Waals surface area (Å²) in [6.45, 7) is 0.877. The molecule has 5 aliphatic rings. The molecule has 1 amide bonds. The fourth-order valence-corrected chi connectivity index (χ4v) is 8.69. The van der Waals surface area contributed by atoms with Crippen molar-refractivity contribution in [2.45, 2.75) is 44.7 Å². The number of thiocarbonyl (C=S) groups is 1. The Hall–Kier alpha value is -2.44. The van der Waals surface area contributed by atoms with Crippen molar-refractivity contribution in [2.24, 2.45) is 40.0 Å². The minimum Gasteiger partial charge on any atom is -0.362 e. The van der Waals surface area contributed by atoms with Crippen molar-refractivity contribution in [3.05, 3.63) is 64.7 Å². The minimum atomic E-state index is -0.821. The molecule has 1 spiro atoms. The molecule has 7 atom stereocenters. The van der Waals surface area contributed by atoms with Gasteiger partial charge in [0.05, 0.1) is 11.4 Å². The zero-order valence-corrected chi connectivity index (χ0v) is 22.7. The van der Waals surface area contributed by atoms with E-state index in [1.54, 1.807) is 11.9 Å². The van der Waals surface area contributed by atoms with Gasteiger partial charge in [-0.25, -0.2) is 4.99 Å². The fraction of sp³-hybridized carbons (Fsp3) is 0.500. The highest BCUT2D eigenvalue weighted by atomic mass is 35.5. The summed E-state index contributed by atoms with van der Waals surface area (Å²) in [6.07, 6.45) is 7.75. The Balaban J connectivity index is 1.10. The lowest BCUT2D eigenvalue weighted by Gasteiger charge is -2.35. The van der Waals surface area contributed by atoms with Gasteiger partial charge in [0.25, 0.3) is 5.91 Å². The number of likely N-dealkylation sites (N-methyl/N-ethyl adjacent to an activating group) is 1. The number of hydrogen-bond donors (Lipinski definition) is 2. The normalized spacial score (nSPS) is 35.1. The highest BCUT2D eigenvalue weighted by Gasteiger charge is 2.67. The Morgan fingerprint density at radius 2 is 1.92 bits per heavy atom. The second-order valence-corrected chi connectivity index (χ2v) is 12.9. The summed E-state index contributed by atoms with van der Waals surface area (Å²) in [5, 5.41) is 7.85. The highest BCUT2D eigenvalue weighted by Crippen LogP contribution is 2.75. The summed E-state index contributed by atoms with van der Waals surface area (Å²) < 4.78 is 0. The first-order chi connectivity index (χ1) is 17.9. The Bertz CT molecular complexity index is 1300. The maximum Gasteiger partial charge on any atom is 0.272 e. The van der Waals surface area contributed by atoms with E-state index < -0.39 is 6.17 Å². The summed E-state index contributed by atoms with van der Waals surface area (Å²) in [7, 11) is 1.78. The van der Waals surface area contributed by atoms with Crippen LogP contribution in [0.4, 0.5) is 5.69 Å². The van der Waals surface area contributed by atoms with Crippen LogP contribution in [0, 0.1) is 35.0 Å². The van der Waals surface area contributed by atoms with Gasteiger partial charge in [-0.2, -0.15) is 0 Å². The Morgan fingerprint density at radius 3 is 2.76 bits per heavy atom. The van der Waals surface area contributed by atoms with Gasteiger partial charge in [-0.3, -0.25) is 4.79 Å². The highest BCUT2D eigenvalue weighted by molar-refractivity contribution is 7.80. The van der Waals surface area contributed by atoms with E-state index in [2.05, 4.69) is 10.6 Å². The average molecular weight is 533 g/mol. The lowest BCUT2D eigenvalue weighted by atomic mass is 9.71. The standard InChI is InChI=1S/C30H33ClN4OS/c1-35-25-8-7-23(31)13-24(25)26(18-5-3-2-4-6-18)33-27(28(35)36)34-29(37)32-16-20-9-17-10-21-12-19(20)14-30(21)15-22(30)11-17/h2-8,13,17,19-22,27H,9-12,14-16H2,1H3,(H2,32,34,37). The van der Waals surface area contributed by atoms with Crippen LogP contribution in [-0.4, -0.2) is 36.5 Å². The van der Waals surface area contributed by atoms with Crippen molar-refractivity contribution >= 4 is 46.2 Å². The molecule has 0 aromatic heterocycles. The number of halogens is 1. The molecule has 7 heteroatoms. The minimum absolute atomic E-state index is 0.150. The molecule has 5 nitrogen and oxygen atoms in total. The first-order valence-corrected chi connectivity index (χ1v) is 14.4. The van der Waals surface area contributed by atoms with E-state index in [1.807, 2.05) is 48.5 Å². The van der Waals surface area contributed by atoms with Crippen molar-refractivity contribution in [2.75, 3.05) is 18.5 Å². The zero-order chi connectivity index (χ0) is 25.3. The van der Waals surface area contributed by atoms with Crippen molar-refractivity contribution in [3.8, 4) is 0 Å². The van der Waals surface area contributed by atoms with Crippen molar-refractivity contribution < 1.29 is 4.79 Å². The third kappa shape index (κ3) is 3.99. The number of carbonyl (C=O) groups is 1. The number of rotatable bonds is 4. The van der Waals surface area contributed by atoms with Crippen LogP contribution in [0.1, 0.15) is 49.7 Å². The topological polar surface area (TPSA) is 56.7 Å². The second kappa shape index (κ2) is 8.81. The SMILES string of the molecule is CN1C(=O)C(NC(=S)NCC2CC3CC4CC2CC42CC2C3)N=C(c2ccccc2)c2cc(Cl)ccc21. The number of amides is 1. The van der Waals surface area contributed by atoms with Crippen LogP contribution in [0.5, 0.6) is 0 Å². The average Bonchev–Trinajstić information content (AvgIpc) is 3.53. The predicted octanol–water partition coefficient (Wildman–Crippen LogP) is 5.41. The van der Waals surface area contributed by atoms with E-state index in [4.69, 9.17) is 28.8 Å². The number of hydrogen-bond acceptors (Lipinski definition) is 3. The molecule has 4 fully saturated rings. The van der Waals surface area contributed by atoms with Crippen LogP contribution in [0.3, 0.4) is 0 Å². The van der Waals surface area contributed by atoms with Gasteiger partial charge in [-0.1, -0.05) is 41.9 Å². The third-order valence-electron chi connectivity index (χ3n) is 10.1. The van der Waals surface area contributed by atoms with E-state index >= 15 is 0 Å².